The van der Waals surface area contributed by atoms with Crippen LogP contribution >= 0.6 is 34.7 Å². The third-order valence-electron chi connectivity index (χ3n) is 10.2. The number of halogens is 1. The number of rotatable bonds is 20. The molecule has 3 unspecified atom stereocenters. The molecule has 4 atom stereocenters. The normalized spacial score (nSPS) is 19.6. The van der Waals surface area contributed by atoms with Gasteiger partial charge in [0.25, 0.3) is 5.91 Å². The summed E-state index contributed by atoms with van der Waals surface area (Å²) in [5.41, 5.74) is 9.58. The lowest BCUT2D eigenvalue weighted by Crippen LogP contribution is -2.43. The van der Waals surface area contributed by atoms with E-state index in [1.54, 1.807) is 23.1 Å². The summed E-state index contributed by atoms with van der Waals surface area (Å²) in [6.07, 6.45) is 0.0694. The van der Waals surface area contributed by atoms with Crippen molar-refractivity contribution in [1.82, 2.24) is 16.1 Å². The highest BCUT2D eigenvalue weighted by atomic mass is 35.5. The molecule has 3 aliphatic rings. The van der Waals surface area contributed by atoms with Crippen molar-refractivity contribution in [2.24, 2.45) is 15.1 Å². The Bertz CT molecular complexity index is 2030. The van der Waals surface area contributed by atoms with Crippen LogP contribution in [0.15, 0.2) is 57.6 Å². The molecule has 14 nitrogen and oxygen atoms in total. The molecule has 0 saturated carbocycles. The monoisotopic (exact) mass is 866 g/mol. The first-order valence-electron chi connectivity index (χ1n) is 20.0. The van der Waals surface area contributed by atoms with Gasteiger partial charge >= 0.3 is 0 Å². The van der Waals surface area contributed by atoms with Crippen molar-refractivity contribution in [3.63, 3.8) is 0 Å². The second-order valence-corrected chi connectivity index (χ2v) is 17.5. The first kappa shape index (κ1) is 44.5. The van der Waals surface area contributed by atoms with Crippen LogP contribution in [-0.4, -0.2) is 118 Å². The van der Waals surface area contributed by atoms with Gasteiger partial charge in [0.1, 0.15) is 17.2 Å². The standard InChI is InChI=1S/C42H55ClN8O6S2/c1-25-28(4)58-41-37(25)38(31-10-12-32(43)13-11-31)47-35(39-50-49-30(6)51(39)41)24-36(52)45-15-17-55-19-21-57-23-22-56-20-18-54-16-14-44-34-9-7-8-33(26(34)2)40(53)48-42-46-27(3)29(5)59-42/h7-13,27,29-30,35,44,49H,14-24H2,1-6H3,(H,45,52)(H,46,48,53)/t27?,29?,30?,35-/m0/s1. The maximum Gasteiger partial charge on any atom is 0.257 e. The number of carbonyl (C=O) groups is 2. The molecule has 3 aliphatic heterocycles. The third kappa shape index (κ3) is 11.6. The molecule has 1 aromatic heterocycles. The van der Waals surface area contributed by atoms with Gasteiger partial charge in [-0.1, -0.05) is 48.5 Å². The number of amides is 2. The Morgan fingerprint density at radius 1 is 0.847 bits per heavy atom. The SMILES string of the molecule is Cc1sc2c(c1C)C(c1ccc(Cl)cc1)=N[C@@H](CC(=O)NCCOCCOCCOCCOCCNc1cccc(C(=O)NC3=NC(C)C(C)S3)c1C)C1=NNC(C)N12. The summed E-state index contributed by atoms with van der Waals surface area (Å²) in [5.74, 6) is 0.445. The Balaban J connectivity index is 0.812. The summed E-state index contributed by atoms with van der Waals surface area (Å²) < 4.78 is 22.6. The van der Waals surface area contributed by atoms with E-state index < -0.39 is 6.04 Å². The number of fused-ring (bicyclic) bond motifs is 3. The molecule has 0 radical (unpaired) electrons. The second-order valence-electron chi connectivity index (χ2n) is 14.5. The van der Waals surface area contributed by atoms with Crippen molar-refractivity contribution >= 4 is 73.9 Å². The maximum atomic E-state index is 13.2. The molecule has 17 heteroatoms. The van der Waals surface area contributed by atoms with Crippen molar-refractivity contribution in [1.29, 1.82) is 0 Å². The Morgan fingerprint density at radius 2 is 1.51 bits per heavy atom. The highest BCUT2D eigenvalue weighted by molar-refractivity contribution is 8.14. The summed E-state index contributed by atoms with van der Waals surface area (Å²) in [7, 11) is 0. The van der Waals surface area contributed by atoms with Crippen LogP contribution in [0, 0.1) is 20.8 Å². The molecule has 0 bridgehead atoms. The lowest BCUT2D eigenvalue weighted by Gasteiger charge is -2.24. The van der Waals surface area contributed by atoms with Gasteiger partial charge in [0, 0.05) is 50.6 Å². The molecule has 2 amide bonds. The van der Waals surface area contributed by atoms with Crippen LogP contribution in [0.3, 0.4) is 0 Å². The number of ether oxygens (including phenoxy) is 4. The van der Waals surface area contributed by atoms with Gasteiger partial charge < -0.3 is 34.9 Å². The Labute approximate surface area is 359 Å². The van der Waals surface area contributed by atoms with E-state index in [1.165, 1.54) is 10.4 Å². The number of hydrogen-bond acceptors (Lipinski definition) is 14. The molecule has 3 aromatic rings. The number of anilines is 2. The Morgan fingerprint density at radius 3 is 2.17 bits per heavy atom. The van der Waals surface area contributed by atoms with E-state index in [1.807, 2.05) is 49.4 Å². The van der Waals surface area contributed by atoms with Crippen LogP contribution in [0.2, 0.25) is 5.02 Å². The molecule has 0 saturated heterocycles. The number of carbonyl (C=O) groups excluding carboxylic acids is 2. The maximum absolute atomic E-state index is 13.2. The molecule has 59 heavy (non-hydrogen) atoms. The van der Waals surface area contributed by atoms with E-state index in [9.17, 15) is 9.59 Å². The molecule has 4 N–H and O–H groups in total. The lowest BCUT2D eigenvalue weighted by atomic mass is 9.99. The molecule has 0 aliphatic carbocycles. The van der Waals surface area contributed by atoms with E-state index in [0.29, 0.717) is 86.9 Å². The first-order valence-corrected chi connectivity index (χ1v) is 22.1. The number of hydrazone groups is 1. The zero-order valence-electron chi connectivity index (χ0n) is 34.6. The van der Waals surface area contributed by atoms with E-state index in [-0.39, 0.29) is 30.4 Å². The van der Waals surface area contributed by atoms with Crippen LogP contribution in [0.4, 0.5) is 10.7 Å². The quantitative estimate of drug-likeness (QED) is 0.101. The van der Waals surface area contributed by atoms with Crippen molar-refractivity contribution in [3.05, 3.63) is 80.2 Å². The van der Waals surface area contributed by atoms with Crippen LogP contribution in [0.5, 0.6) is 0 Å². The Kier molecular flexibility index (Phi) is 16.2. The minimum absolute atomic E-state index is 0.0736. The van der Waals surface area contributed by atoms with Gasteiger partial charge in [0.2, 0.25) is 5.91 Å². The van der Waals surface area contributed by atoms with Gasteiger partial charge in [-0.2, -0.15) is 5.10 Å². The third-order valence-corrected chi connectivity index (χ3v) is 12.9. The van der Waals surface area contributed by atoms with Crippen molar-refractivity contribution in [2.45, 2.75) is 71.5 Å². The number of nitrogens with zero attached hydrogens (tertiary/aromatic N) is 4. The summed E-state index contributed by atoms with van der Waals surface area (Å²) in [6, 6.07) is 13.0. The van der Waals surface area contributed by atoms with E-state index in [4.69, 9.17) is 35.5 Å². The van der Waals surface area contributed by atoms with Crippen molar-refractivity contribution in [3.8, 4) is 0 Å². The molecule has 4 heterocycles. The van der Waals surface area contributed by atoms with Crippen LogP contribution < -0.4 is 26.3 Å². The van der Waals surface area contributed by atoms with Gasteiger partial charge in [0.15, 0.2) is 11.0 Å². The predicted molar refractivity (Wildman–Crippen MR) is 239 cm³/mol. The molecule has 6 rings (SSSR count). The number of aliphatic imine (C=N–C) groups is 2. The lowest BCUT2D eigenvalue weighted by molar-refractivity contribution is -0.121. The fourth-order valence-corrected chi connectivity index (χ4v) is 9.07. The van der Waals surface area contributed by atoms with Gasteiger partial charge in [-0.3, -0.25) is 29.9 Å². The van der Waals surface area contributed by atoms with E-state index in [0.717, 1.165) is 38.9 Å². The number of thiophene rings is 1. The fourth-order valence-electron chi connectivity index (χ4n) is 6.71. The van der Waals surface area contributed by atoms with Gasteiger partial charge in [-0.15, -0.1) is 11.3 Å². The van der Waals surface area contributed by atoms with Crippen molar-refractivity contribution < 1.29 is 28.5 Å². The number of aryl methyl sites for hydroxylation is 1. The van der Waals surface area contributed by atoms with E-state index >= 15 is 0 Å². The van der Waals surface area contributed by atoms with Gasteiger partial charge in [-0.25, -0.2) is 0 Å². The van der Waals surface area contributed by atoms with Crippen LogP contribution in [0.1, 0.15) is 64.7 Å². The smallest absolute Gasteiger partial charge is 0.257 e. The van der Waals surface area contributed by atoms with Crippen LogP contribution in [0.25, 0.3) is 0 Å². The second kappa shape index (κ2) is 21.5. The summed E-state index contributed by atoms with van der Waals surface area (Å²) in [4.78, 5) is 39.2. The largest absolute Gasteiger partial charge is 0.382 e. The molecule has 2 aromatic carbocycles. The average Bonchev–Trinajstić information content (AvgIpc) is 3.82. The highest BCUT2D eigenvalue weighted by Crippen LogP contribution is 2.41. The molecule has 0 spiro atoms. The van der Waals surface area contributed by atoms with E-state index in [2.05, 4.69) is 71.0 Å². The topological polar surface area (TPSA) is 160 Å². The molecule has 0 fully saturated rings. The number of benzene rings is 2. The number of hydrogen-bond donors (Lipinski definition) is 4. The minimum atomic E-state index is -0.483. The number of amidine groups is 2. The zero-order valence-corrected chi connectivity index (χ0v) is 37.0. The number of thioether (sulfide) groups is 1. The Hall–Kier alpha value is -4.03. The molecular weight excluding hydrogens is 812 g/mol. The molecular formula is C42H55ClN8O6S2. The average molecular weight is 868 g/mol. The molecule has 318 valence electrons. The number of nitrogens with one attached hydrogen (secondary N) is 4. The van der Waals surface area contributed by atoms with Gasteiger partial charge in [-0.05, 0) is 70.0 Å². The zero-order chi connectivity index (χ0) is 41.9. The summed E-state index contributed by atoms with van der Waals surface area (Å²) >= 11 is 9.53. The minimum Gasteiger partial charge on any atom is -0.382 e. The fraction of sp³-hybridized carbons (Fsp3) is 0.500. The summed E-state index contributed by atoms with van der Waals surface area (Å²) in [6.45, 7) is 16.8. The highest BCUT2D eigenvalue weighted by Gasteiger charge is 2.39. The first-order chi connectivity index (χ1) is 28.5. The van der Waals surface area contributed by atoms with Crippen molar-refractivity contribution in [2.75, 3.05) is 76.2 Å². The predicted octanol–water partition coefficient (Wildman–Crippen LogP) is 5.91. The van der Waals surface area contributed by atoms with Crippen LogP contribution in [-0.2, 0) is 23.7 Å². The van der Waals surface area contributed by atoms with Gasteiger partial charge in [0.05, 0.1) is 71.0 Å². The summed E-state index contributed by atoms with van der Waals surface area (Å²) in [5, 5.41) is 16.7.